The SMILES string of the molecule is COC(=O)/C=C(\C)[C@H](C(=O)OC)[C@@H](O)[C@H](CC(C)C)N(Cc1ccccc1)Cc1ccccc1. The van der Waals surface area contributed by atoms with Crippen molar-refractivity contribution in [3.8, 4) is 0 Å². The van der Waals surface area contributed by atoms with Crippen molar-refractivity contribution >= 4 is 11.9 Å². The molecule has 0 aliphatic heterocycles. The van der Waals surface area contributed by atoms with Crippen LogP contribution in [0.2, 0.25) is 0 Å². The molecule has 2 rings (SSSR count). The summed E-state index contributed by atoms with van der Waals surface area (Å²) in [5.41, 5.74) is 2.62. The molecule has 2 aromatic rings. The fraction of sp³-hybridized carbons (Fsp3) is 0.429. The number of aliphatic hydroxyl groups is 1. The van der Waals surface area contributed by atoms with Gasteiger partial charge >= 0.3 is 11.9 Å². The highest BCUT2D eigenvalue weighted by atomic mass is 16.5. The lowest BCUT2D eigenvalue weighted by atomic mass is 9.84. The van der Waals surface area contributed by atoms with Crippen LogP contribution in [0, 0.1) is 11.8 Å². The standard InChI is InChI=1S/C28H37NO5/c1-20(2)16-24(27(31)26(28(32)34-5)21(3)17-25(30)33-4)29(18-22-12-8-6-9-13-22)19-23-14-10-7-11-15-23/h6-15,17,20,24,26-27,31H,16,18-19H2,1-5H3/b21-17+/t24-,26-,27-/m0/s1. The molecule has 34 heavy (non-hydrogen) atoms. The van der Waals surface area contributed by atoms with Gasteiger partial charge in [-0.25, -0.2) is 4.79 Å². The van der Waals surface area contributed by atoms with E-state index in [9.17, 15) is 14.7 Å². The van der Waals surface area contributed by atoms with Gasteiger partial charge in [0, 0.05) is 25.2 Å². The molecule has 6 nitrogen and oxygen atoms in total. The summed E-state index contributed by atoms with van der Waals surface area (Å²) < 4.78 is 9.77. The van der Waals surface area contributed by atoms with Gasteiger partial charge in [-0.2, -0.15) is 0 Å². The Labute approximate surface area is 203 Å². The number of methoxy groups -OCH3 is 2. The molecule has 0 aliphatic rings. The summed E-state index contributed by atoms with van der Waals surface area (Å²) in [6.07, 6.45) is 0.804. The lowest BCUT2D eigenvalue weighted by Crippen LogP contribution is -2.49. The molecule has 6 heteroatoms. The van der Waals surface area contributed by atoms with Crippen LogP contribution in [0.15, 0.2) is 72.3 Å². The van der Waals surface area contributed by atoms with Gasteiger partial charge < -0.3 is 14.6 Å². The van der Waals surface area contributed by atoms with Crippen LogP contribution in [0.3, 0.4) is 0 Å². The van der Waals surface area contributed by atoms with Crippen molar-refractivity contribution in [1.82, 2.24) is 4.90 Å². The van der Waals surface area contributed by atoms with Gasteiger partial charge in [-0.15, -0.1) is 0 Å². The number of rotatable bonds is 12. The van der Waals surface area contributed by atoms with Gasteiger partial charge in [0.2, 0.25) is 0 Å². The van der Waals surface area contributed by atoms with E-state index < -0.39 is 24.0 Å². The number of hydrogen-bond donors (Lipinski definition) is 1. The summed E-state index contributed by atoms with van der Waals surface area (Å²) in [5, 5.41) is 11.7. The molecule has 0 unspecified atom stereocenters. The second-order valence-electron chi connectivity index (χ2n) is 8.98. The second-order valence-corrected chi connectivity index (χ2v) is 8.98. The Morgan fingerprint density at radius 1 is 0.912 bits per heavy atom. The van der Waals surface area contributed by atoms with E-state index in [-0.39, 0.29) is 12.0 Å². The smallest absolute Gasteiger partial charge is 0.330 e. The van der Waals surface area contributed by atoms with Crippen LogP contribution >= 0.6 is 0 Å². The number of nitrogens with zero attached hydrogens (tertiary/aromatic N) is 1. The Kier molecular flexibility index (Phi) is 11.0. The molecule has 1 N–H and O–H groups in total. The normalized spacial score (nSPS) is 14.5. The summed E-state index contributed by atoms with van der Waals surface area (Å²) >= 11 is 0. The molecule has 0 spiro atoms. The topological polar surface area (TPSA) is 76.1 Å². The maximum Gasteiger partial charge on any atom is 0.330 e. The average Bonchev–Trinajstić information content (AvgIpc) is 2.83. The van der Waals surface area contributed by atoms with E-state index in [0.717, 1.165) is 11.1 Å². The summed E-state index contributed by atoms with van der Waals surface area (Å²) in [6, 6.07) is 19.7. The minimum absolute atomic E-state index is 0.261. The predicted molar refractivity (Wildman–Crippen MR) is 133 cm³/mol. The van der Waals surface area contributed by atoms with Gasteiger partial charge in [0.25, 0.3) is 0 Å². The van der Waals surface area contributed by atoms with Crippen molar-refractivity contribution in [2.24, 2.45) is 11.8 Å². The van der Waals surface area contributed by atoms with Crippen LogP contribution in [-0.2, 0) is 32.2 Å². The van der Waals surface area contributed by atoms with Crippen molar-refractivity contribution in [2.75, 3.05) is 14.2 Å². The number of carbonyl (C=O) groups is 2. The van der Waals surface area contributed by atoms with Crippen molar-refractivity contribution < 1.29 is 24.2 Å². The third-order valence-electron chi connectivity index (χ3n) is 5.87. The monoisotopic (exact) mass is 467 g/mol. The number of ether oxygens (including phenoxy) is 2. The highest BCUT2D eigenvalue weighted by Crippen LogP contribution is 2.28. The van der Waals surface area contributed by atoms with Gasteiger partial charge in [-0.3, -0.25) is 9.69 Å². The Morgan fingerprint density at radius 2 is 1.41 bits per heavy atom. The van der Waals surface area contributed by atoms with Gasteiger partial charge in [0.05, 0.1) is 20.3 Å². The lowest BCUT2D eigenvalue weighted by molar-refractivity contribution is -0.149. The summed E-state index contributed by atoms with van der Waals surface area (Å²) in [7, 11) is 2.56. The van der Waals surface area contributed by atoms with Crippen LogP contribution in [-0.4, -0.2) is 48.3 Å². The van der Waals surface area contributed by atoms with E-state index in [2.05, 4.69) is 43.0 Å². The molecule has 0 radical (unpaired) electrons. The Bertz CT molecular complexity index is 885. The minimum atomic E-state index is -1.09. The molecule has 0 heterocycles. The van der Waals surface area contributed by atoms with E-state index in [4.69, 9.17) is 9.47 Å². The van der Waals surface area contributed by atoms with E-state index in [1.807, 2.05) is 36.4 Å². The van der Waals surface area contributed by atoms with Crippen LogP contribution in [0.1, 0.15) is 38.3 Å². The second kappa shape index (κ2) is 13.7. The van der Waals surface area contributed by atoms with E-state index >= 15 is 0 Å². The zero-order valence-corrected chi connectivity index (χ0v) is 20.8. The van der Waals surface area contributed by atoms with E-state index in [1.54, 1.807) is 6.92 Å². The number of aliphatic hydroxyl groups excluding tert-OH is 1. The van der Waals surface area contributed by atoms with Crippen molar-refractivity contribution in [3.05, 3.63) is 83.4 Å². The molecule has 0 saturated carbocycles. The molecule has 0 saturated heterocycles. The molecule has 0 aliphatic carbocycles. The molecule has 2 aromatic carbocycles. The number of esters is 2. The quantitative estimate of drug-likeness (QED) is 0.369. The summed E-state index contributed by atoms with van der Waals surface area (Å²) in [5.74, 6) is -1.90. The van der Waals surface area contributed by atoms with Crippen molar-refractivity contribution in [2.45, 2.75) is 52.4 Å². The van der Waals surface area contributed by atoms with E-state index in [1.165, 1.54) is 20.3 Å². The first-order valence-corrected chi connectivity index (χ1v) is 11.6. The zero-order valence-electron chi connectivity index (χ0n) is 20.8. The number of carbonyl (C=O) groups excluding carboxylic acids is 2. The van der Waals surface area contributed by atoms with Crippen LogP contribution in [0.25, 0.3) is 0 Å². The summed E-state index contributed by atoms with van der Waals surface area (Å²) in [4.78, 5) is 26.9. The third kappa shape index (κ3) is 8.12. The Balaban J connectivity index is 2.50. The Hall–Kier alpha value is -2.96. The molecule has 0 fully saturated rings. The van der Waals surface area contributed by atoms with Crippen molar-refractivity contribution in [1.29, 1.82) is 0 Å². The van der Waals surface area contributed by atoms with Gasteiger partial charge in [0.1, 0.15) is 5.92 Å². The van der Waals surface area contributed by atoms with Crippen molar-refractivity contribution in [3.63, 3.8) is 0 Å². The Morgan fingerprint density at radius 3 is 1.82 bits per heavy atom. The van der Waals surface area contributed by atoms with Gasteiger partial charge in [-0.1, -0.05) is 74.5 Å². The van der Waals surface area contributed by atoms with E-state index in [0.29, 0.717) is 25.1 Å². The fourth-order valence-electron chi connectivity index (χ4n) is 4.19. The largest absolute Gasteiger partial charge is 0.468 e. The molecule has 0 bridgehead atoms. The third-order valence-corrected chi connectivity index (χ3v) is 5.87. The first kappa shape index (κ1) is 27.3. The maximum atomic E-state index is 12.8. The molecule has 184 valence electrons. The average molecular weight is 468 g/mol. The lowest BCUT2D eigenvalue weighted by Gasteiger charge is -2.38. The molecular formula is C28H37NO5. The van der Waals surface area contributed by atoms with Crippen LogP contribution in [0.4, 0.5) is 0 Å². The molecule has 0 amide bonds. The minimum Gasteiger partial charge on any atom is -0.468 e. The summed E-state index contributed by atoms with van der Waals surface area (Å²) in [6.45, 7) is 7.02. The van der Waals surface area contributed by atoms with Gasteiger partial charge in [-0.05, 0) is 36.0 Å². The maximum absolute atomic E-state index is 12.8. The number of benzene rings is 2. The fourth-order valence-corrected chi connectivity index (χ4v) is 4.19. The number of hydrogen-bond acceptors (Lipinski definition) is 6. The van der Waals surface area contributed by atoms with Gasteiger partial charge in [0.15, 0.2) is 0 Å². The molecule has 0 aromatic heterocycles. The first-order chi connectivity index (χ1) is 16.3. The highest BCUT2D eigenvalue weighted by Gasteiger charge is 2.38. The zero-order chi connectivity index (χ0) is 25.1. The highest BCUT2D eigenvalue weighted by molar-refractivity contribution is 5.85. The predicted octanol–water partition coefficient (Wildman–Crippen LogP) is 4.37. The molecular weight excluding hydrogens is 430 g/mol. The van der Waals surface area contributed by atoms with Crippen LogP contribution < -0.4 is 0 Å². The first-order valence-electron chi connectivity index (χ1n) is 11.6. The van der Waals surface area contributed by atoms with Crippen LogP contribution in [0.5, 0.6) is 0 Å². The molecule has 3 atom stereocenters.